The summed E-state index contributed by atoms with van der Waals surface area (Å²) in [6, 6.07) is 6.49. The van der Waals surface area contributed by atoms with Gasteiger partial charge in [-0.15, -0.1) is 0 Å². The lowest BCUT2D eigenvalue weighted by Crippen LogP contribution is -2.36. The first kappa shape index (κ1) is 13.4. The second kappa shape index (κ2) is 6.80. The number of unbranched alkanes of at least 4 members (excludes halogenated alkanes) is 1. The van der Waals surface area contributed by atoms with Crippen molar-refractivity contribution >= 4 is 24.4 Å². The number of benzene rings is 1. The maximum absolute atomic E-state index is 11.2. The van der Waals surface area contributed by atoms with Gasteiger partial charge in [-0.3, -0.25) is 0 Å². The molecule has 5 nitrogen and oxygen atoms in total. The van der Waals surface area contributed by atoms with Crippen LogP contribution in [0.5, 0.6) is 0 Å². The first-order valence-electron chi connectivity index (χ1n) is 5.50. The molecule has 0 saturated heterocycles. The summed E-state index contributed by atoms with van der Waals surface area (Å²) in [6.45, 7) is 2.27. The largest absolute Gasteiger partial charge is 0.564 e. The Morgan fingerprint density at radius 3 is 2.94 bits per heavy atom. The van der Waals surface area contributed by atoms with Gasteiger partial charge in [0.25, 0.3) is 0 Å². The number of hydrogen-bond acceptors (Lipinski definition) is 5. The van der Waals surface area contributed by atoms with Gasteiger partial charge in [0.2, 0.25) is 0 Å². The van der Waals surface area contributed by atoms with Gasteiger partial charge in [0.05, 0.1) is 6.61 Å². The SMILES string of the molecule is CCCCOC(=O)OB(O)c1cccc(N)c1. The van der Waals surface area contributed by atoms with Crippen LogP contribution in [0.2, 0.25) is 0 Å². The molecule has 0 unspecified atom stereocenters. The second-order valence-corrected chi connectivity index (χ2v) is 3.59. The van der Waals surface area contributed by atoms with Crippen LogP contribution in [0.25, 0.3) is 0 Å². The molecule has 0 amide bonds. The third-order valence-corrected chi connectivity index (χ3v) is 2.12. The Bertz CT molecular complexity index is 372. The Balaban J connectivity index is 2.43. The van der Waals surface area contributed by atoms with E-state index in [1.165, 1.54) is 6.07 Å². The van der Waals surface area contributed by atoms with Gasteiger partial charge in [-0.25, -0.2) is 4.79 Å². The van der Waals surface area contributed by atoms with Crippen LogP contribution in [0, 0.1) is 0 Å². The molecule has 1 aromatic rings. The lowest BCUT2D eigenvalue weighted by atomic mass is 9.79. The number of nitrogen functional groups attached to an aromatic ring is 1. The Morgan fingerprint density at radius 2 is 2.29 bits per heavy atom. The predicted octanol–water partition coefficient (Wildman–Crippen LogP) is 0.910. The van der Waals surface area contributed by atoms with Crippen LogP contribution >= 0.6 is 0 Å². The van der Waals surface area contributed by atoms with E-state index in [0.29, 0.717) is 17.8 Å². The molecule has 0 aliphatic carbocycles. The maximum Gasteiger partial charge on any atom is 0.564 e. The Kier molecular flexibility index (Phi) is 5.35. The van der Waals surface area contributed by atoms with E-state index in [1.54, 1.807) is 18.2 Å². The minimum absolute atomic E-state index is 0.291. The topological polar surface area (TPSA) is 81.8 Å². The van der Waals surface area contributed by atoms with E-state index >= 15 is 0 Å². The van der Waals surface area contributed by atoms with Crippen LogP contribution in [0.15, 0.2) is 24.3 Å². The van der Waals surface area contributed by atoms with Crippen LogP contribution in [-0.2, 0) is 9.39 Å². The Hall–Kier alpha value is -1.69. The molecule has 0 spiro atoms. The molecule has 0 aromatic heterocycles. The van der Waals surface area contributed by atoms with Crippen LogP contribution in [0.4, 0.5) is 10.5 Å². The summed E-state index contributed by atoms with van der Waals surface area (Å²) >= 11 is 0. The van der Waals surface area contributed by atoms with Gasteiger partial charge in [0, 0.05) is 5.69 Å². The van der Waals surface area contributed by atoms with Crippen molar-refractivity contribution in [3.63, 3.8) is 0 Å². The van der Waals surface area contributed by atoms with Gasteiger partial charge in [0.15, 0.2) is 0 Å². The first-order valence-corrected chi connectivity index (χ1v) is 5.50. The zero-order valence-corrected chi connectivity index (χ0v) is 9.76. The number of hydrogen-bond donors (Lipinski definition) is 2. The van der Waals surface area contributed by atoms with E-state index in [0.717, 1.165) is 12.8 Å². The third-order valence-electron chi connectivity index (χ3n) is 2.12. The van der Waals surface area contributed by atoms with Gasteiger partial charge in [0.1, 0.15) is 0 Å². The van der Waals surface area contributed by atoms with Crippen LogP contribution in [0.3, 0.4) is 0 Å². The van der Waals surface area contributed by atoms with Crippen molar-refractivity contribution in [2.45, 2.75) is 19.8 Å². The molecule has 0 bridgehead atoms. The molecular formula is C11H16BNO4. The standard InChI is InChI=1S/C11H16BNO4/c1-2-3-7-16-11(14)17-12(15)9-5-4-6-10(13)8-9/h4-6,8,15H,2-3,7,13H2,1H3. The van der Waals surface area contributed by atoms with Crippen molar-refractivity contribution < 1.29 is 19.2 Å². The molecular weight excluding hydrogens is 221 g/mol. The van der Waals surface area contributed by atoms with E-state index in [4.69, 9.17) is 10.5 Å². The average molecular weight is 237 g/mol. The predicted molar refractivity (Wildman–Crippen MR) is 65.8 cm³/mol. The fourth-order valence-electron chi connectivity index (χ4n) is 1.21. The minimum atomic E-state index is -1.35. The molecule has 17 heavy (non-hydrogen) atoms. The highest BCUT2D eigenvalue weighted by molar-refractivity contribution is 6.61. The quantitative estimate of drug-likeness (QED) is 0.344. The monoisotopic (exact) mass is 237 g/mol. The number of anilines is 1. The summed E-state index contributed by atoms with van der Waals surface area (Å²) < 4.78 is 9.43. The molecule has 3 N–H and O–H groups in total. The fourth-order valence-corrected chi connectivity index (χ4v) is 1.21. The summed E-state index contributed by atoms with van der Waals surface area (Å²) in [4.78, 5) is 11.2. The molecule has 0 heterocycles. The molecule has 1 aromatic carbocycles. The molecule has 0 aliphatic rings. The van der Waals surface area contributed by atoms with E-state index in [1.807, 2.05) is 6.92 Å². The van der Waals surface area contributed by atoms with Gasteiger partial charge in [-0.1, -0.05) is 25.5 Å². The van der Waals surface area contributed by atoms with Gasteiger partial charge < -0.3 is 20.1 Å². The molecule has 92 valence electrons. The van der Waals surface area contributed by atoms with Gasteiger partial charge in [-0.2, -0.15) is 0 Å². The lowest BCUT2D eigenvalue weighted by molar-refractivity contribution is 0.0923. The smallest absolute Gasteiger partial charge is 0.473 e. The molecule has 0 radical (unpaired) electrons. The highest BCUT2D eigenvalue weighted by Crippen LogP contribution is 1.99. The lowest BCUT2D eigenvalue weighted by Gasteiger charge is -2.09. The Labute approximate surface area is 101 Å². The van der Waals surface area contributed by atoms with Crippen LogP contribution < -0.4 is 11.2 Å². The highest BCUT2D eigenvalue weighted by Gasteiger charge is 2.22. The summed E-state index contributed by atoms with van der Waals surface area (Å²) in [5.74, 6) is 0. The molecule has 6 heteroatoms. The van der Waals surface area contributed by atoms with Crippen LogP contribution in [-0.4, -0.2) is 24.9 Å². The van der Waals surface area contributed by atoms with Crippen molar-refractivity contribution in [1.29, 1.82) is 0 Å². The van der Waals surface area contributed by atoms with Crippen molar-refractivity contribution in [3.05, 3.63) is 24.3 Å². The molecule has 0 saturated carbocycles. The Morgan fingerprint density at radius 1 is 1.53 bits per heavy atom. The molecule has 1 rings (SSSR count). The van der Waals surface area contributed by atoms with Crippen molar-refractivity contribution in [2.24, 2.45) is 0 Å². The van der Waals surface area contributed by atoms with E-state index in [2.05, 4.69) is 4.65 Å². The minimum Gasteiger partial charge on any atom is -0.473 e. The second-order valence-electron chi connectivity index (χ2n) is 3.59. The first-order chi connectivity index (χ1) is 8.13. The molecule has 0 atom stereocenters. The number of rotatable bonds is 5. The summed E-state index contributed by atoms with van der Waals surface area (Å²) in [5.41, 5.74) is 6.45. The zero-order valence-electron chi connectivity index (χ0n) is 9.76. The number of carbonyl (C=O) groups excluding carboxylic acids is 1. The van der Waals surface area contributed by atoms with Crippen LogP contribution in [0.1, 0.15) is 19.8 Å². The van der Waals surface area contributed by atoms with E-state index < -0.39 is 13.3 Å². The van der Waals surface area contributed by atoms with E-state index in [-0.39, 0.29) is 0 Å². The van der Waals surface area contributed by atoms with Crippen molar-refractivity contribution in [1.82, 2.24) is 0 Å². The normalized spacial score (nSPS) is 9.76. The van der Waals surface area contributed by atoms with E-state index in [9.17, 15) is 9.82 Å². The number of ether oxygens (including phenoxy) is 1. The summed E-state index contributed by atoms with van der Waals surface area (Å²) in [7, 11) is -1.35. The van der Waals surface area contributed by atoms with Gasteiger partial charge in [-0.05, 0) is 24.0 Å². The highest BCUT2D eigenvalue weighted by atomic mass is 16.7. The third kappa shape index (κ3) is 4.78. The zero-order chi connectivity index (χ0) is 12.7. The summed E-state index contributed by atoms with van der Waals surface area (Å²) in [6.07, 6.45) is 0.808. The fraction of sp³-hybridized carbons (Fsp3) is 0.364. The van der Waals surface area contributed by atoms with Crippen molar-refractivity contribution in [3.8, 4) is 0 Å². The maximum atomic E-state index is 11.2. The number of carbonyl (C=O) groups is 1. The van der Waals surface area contributed by atoms with Crippen molar-refractivity contribution in [2.75, 3.05) is 12.3 Å². The number of nitrogens with two attached hydrogens (primary N) is 1. The summed E-state index contributed by atoms with van der Waals surface area (Å²) in [5, 5.41) is 9.59. The average Bonchev–Trinajstić information content (AvgIpc) is 2.29. The van der Waals surface area contributed by atoms with Gasteiger partial charge >= 0.3 is 13.3 Å². The molecule has 0 aliphatic heterocycles. The molecule has 0 fully saturated rings.